The minimum absolute atomic E-state index is 0. The van der Waals surface area contributed by atoms with Gasteiger partial charge in [-0.15, -0.1) is 0 Å². The number of hydrogen-bond acceptors (Lipinski definition) is 2. The number of carboxylic acid groups (broad SMARTS) is 1. The van der Waals surface area contributed by atoms with Crippen LogP contribution in [0, 0.1) is 0 Å². The summed E-state index contributed by atoms with van der Waals surface area (Å²) in [5.41, 5.74) is 1.05. The first-order chi connectivity index (χ1) is 7.24. The second kappa shape index (κ2) is 6.59. The summed E-state index contributed by atoms with van der Waals surface area (Å²) in [6.45, 7) is 0. The Morgan fingerprint density at radius 3 is 2.50 bits per heavy atom. The van der Waals surface area contributed by atoms with Crippen molar-refractivity contribution < 1.29 is 14.7 Å². The van der Waals surface area contributed by atoms with E-state index in [0.29, 0.717) is 12.8 Å². The van der Waals surface area contributed by atoms with E-state index in [9.17, 15) is 9.59 Å². The molecule has 0 heterocycles. The van der Waals surface area contributed by atoms with Crippen LogP contribution < -0.4 is 5.32 Å². The zero-order chi connectivity index (χ0) is 11.1. The van der Waals surface area contributed by atoms with Crippen molar-refractivity contribution >= 4 is 12.4 Å². The molecule has 1 aromatic rings. The quantitative estimate of drug-likeness (QED) is 0.483. The normalized spacial score (nSPS) is 11.0. The number of benzene rings is 1. The Kier molecular flexibility index (Phi) is 5.42. The summed E-state index contributed by atoms with van der Waals surface area (Å²) in [5.74, 6) is -1.03. The molecule has 5 heteroatoms. The van der Waals surface area contributed by atoms with E-state index >= 15 is 0 Å². The van der Waals surface area contributed by atoms with E-state index in [1.54, 1.807) is 0 Å². The molecule has 0 bridgehead atoms. The van der Waals surface area contributed by atoms with Gasteiger partial charge in [0.25, 0.3) is 0 Å². The number of carbonyl (C=O) groups excluding carboxylic acids is 1. The first kappa shape index (κ1) is 13.2. The summed E-state index contributed by atoms with van der Waals surface area (Å²) in [6.07, 6.45) is 2.39. The molecule has 1 atom stereocenters. The maximum atomic E-state index is 10.7. The van der Waals surface area contributed by atoms with Crippen LogP contribution in [0.1, 0.15) is 12.0 Å². The van der Waals surface area contributed by atoms with Crippen LogP contribution in [-0.4, -0.2) is 23.5 Å². The summed E-state index contributed by atoms with van der Waals surface area (Å²) < 4.78 is 0. The second-order valence-electron chi connectivity index (χ2n) is 3.16. The Morgan fingerprint density at radius 2 is 2.00 bits per heavy atom. The molecule has 1 rings (SSSR count). The Morgan fingerprint density at radius 1 is 1.38 bits per heavy atom. The van der Waals surface area contributed by atoms with Crippen LogP contribution in [0.3, 0.4) is 0 Å². The molecule has 92 valence electrons. The van der Waals surface area contributed by atoms with Crippen molar-refractivity contribution in [2.24, 2.45) is 0 Å². The zero-order valence-electron chi connectivity index (χ0n) is 8.43. The van der Waals surface area contributed by atoms with Gasteiger partial charge in [0.05, 0.1) is 6.04 Å². The van der Waals surface area contributed by atoms with Crippen LogP contribution in [0.2, 0.25) is 0 Å². The molecule has 0 radical (unpaired) electrons. The van der Waals surface area contributed by atoms with Gasteiger partial charge in [-0.1, -0.05) is 30.3 Å². The topological polar surface area (TPSA) is 66.4 Å². The van der Waals surface area contributed by atoms with Crippen molar-refractivity contribution in [2.45, 2.75) is 18.9 Å². The Hall–Kier alpha value is -2.84. The largest absolute Gasteiger partial charge is 0.520 e. The van der Waals surface area contributed by atoms with E-state index in [4.69, 9.17) is 5.11 Å². The van der Waals surface area contributed by atoms with Gasteiger partial charge in [-0.05, 0) is 18.4 Å². The zero-order valence-corrected chi connectivity index (χ0v) is 10.8. The molecule has 0 aliphatic heterocycles. The molecule has 0 spiro atoms. The number of aliphatic carboxylic acids is 1. The average molecular weight is 463 g/mol. The summed E-state index contributed by atoms with van der Waals surface area (Å²) >= 11 is 0. The third kappa shape index (κ3) is 3.91. The minimum Gasteiger partial charge on any atom is -0.520 e. The molecule has 2 N–H and O–H groups in total. The van der Waals surface area contributed by atoms with Crippen molar-refractivity contribution in [1.29, 1.82) is 0 Å². The molecule has 1 unspecified atom stereocenters. The number of aryl methyl sites for hydroxylation is 1. The van der Waals surface area contributed by atoms with Crippen molar-refractivity contribution in [3.05, 3.63) is 35.9 Å². The van der Waals surface area contributed by atoms with Gasteiger partial charge in [0, 0.05) is 0 Å². The van der Waals surface area contributed by atoms with Gasteiger partial charge in [-0.3, -0.25) is 4.79 Å². The minimum atomic E-state index is -1.03. The van der Waals surface area contributed by atoms with Crippen LogP contribution in [0.15, 0.2) is 30.3 Å². The molecular formula is C11H12FmNO3-. The van der Waals surface area contributed by atoms with Gasteiger partial charge in [0.1, 0.15) is 0 Å². The Bertz CT molecular complexity index is 329. The number of nitrogens with one attached hydrogen (secondary N) is 1. The first-order valence-corrected chi connectivity index (χ1v) is 4.63. The summed E-state index contributed by atoms with van der Waals surface area (Å²) in [5, 5.41) is 10.9. The third-order valence-electron chi connectivity index (χ3n) is 2.10. The van der Waals surface area contributed by atoms with Crippen LogP contribution in [0.4, 0.5) is 0 Å². The smallest absolute Gasteiger partial charge is 0.323 e. The number of carboxylic acids is 1. The van der Waals surface area contributed by atoms with E-state index < -0.39 is 12.0 Å². The molecule has 0 aliphatic carbocycles. The van der Waals surface area contributed by atoms with E-state index in [-0.39, 0.29) is 0 Å². The predicted molar refractivity (Wildman–Crippen MR) is 55.0 cm³/mol. The summed E-state index contributed by atoms with van der Waals surface area (Å²) in [6, 6.07) is 8.67. The van der Waals surface area contributed by atoms with E-state index in [2.05, 4.69) is 5.32 Å². The fraction of sp³-hybridized carbons (Fsp3) is 0.273. The number of hydrogen-bond donors (Lipinski definition) is 2. The van der Waals surface area contributed by atoms with Crippen molar-refractivity contribution in [1.82, 2.24) is 5.32 Å². The molecule has 4 nitrogen and oxygen atoms in total. The van der Waals surface area contributed by atoms with Gasteiger partial charge in [-0.2, -0.15) is 6.41 Å². The Balaban J connectivity index is 0.00000225. The van der Waals surface area contributed by atoms with Crippen molar-refractivity contribution in [3.8, 4) is 0 Å². The molecule has 0 aliphatic rings. The Labute approximate surface area is 87.9 Å². The van der Waals surface area contributed by atoms with Gasteiger partial charge in [-0.25, -0.2) is 0 Å². The van der Waals surface area contributed by atoms with Crippen LogP contribution in [-0.2, 0) is 16.0 Å². The van der Waals surface area contributed by atoms with Crippen LogP contribution >= 0.6 is 0 Å². The molecular weight excluding hydrogens is 451 g/mol. The standard InChI is InChI=1S/C11H12NO3.Fm/c13-8-12-10(11(14)15)7-6-9-4-2-1-3-5-9;/h1-5,10H,6-7H2,(H,12,13)(H,14,15);/q-1;. The van der Waals surface area contributed by atoms with Gasteiger partial charge < -0.3 is 15.2 Å². The number of carbonyl (C=O) groups is 1. The van der Waals surface area contributed by atoms with Crippen molar-refractivity contribution in [3.63, 3.8) is 0 Å². The molecule has 0 fully saturated rings. The molecule has 1 amide bonds. The SMILES string of the molecule is O=[C-]NC(CCc1ccccc1)C(=O)O.[Fm]. The summed E-state index contributed by atoms with van der Waals surface area (Å²) in [4.78, 5) is 20.7. The maximum Gasteiger partial charge on any atom is 0.323 e. The van der Waals surface area contributed by atoms with Gasteiger partial charge >= 0.3 is 5.97 Å². The van der Waals surface area contributed by atoms with Gasteiger partial charge in [0.15, 0.2) is 0 Å². The third-order valence-corrected chi connectivity index (χ3v) is 2.10. The summed E-state index contributed by atoms with van der Waals surface area (Å²) in [7, 11) is 0. The van der Waals surface area contributed by atoms with Crippen LogP contribution in [0.5, 0.6) is 0 Å². The predicted octanol–water partition coefficient (Wildman–Crippen LogP) is 0.729. The van der Waals surface area contributed by atoms with E-state index in [0.717, 1.165) is 5.56 Å². The molecule has 0 aromatic heterocycles. The average Bonchev–Trinajstić information content (AvgIpc) is 2.25. The number of amides is 1. The van der Waals surface area contributed by atoms with Gasteiger partial charge in [0.2, 0.25) is 0 Å². The molecule has 0 saturated heterocycles. The molecule has 16 heavy (non-hydrogen) atoms. The molecule has 1 aromatic carbocycles. The van der Waals surface area contributed by atoms with E-state index in [1.807, 2.05) is 30.3 Å². The van der Waals surface area contributed by atoms with Crippen LogP contribution in [0.25, 0.3) is 0 Å². The number of rotatable bonds is 6. The van der Waals surface area contributed by atoms with E-state index in [1.165, 1.54) is 6.41 Å². The fourth-order valence-corrected chi connectivity index (χ4v) is 1.28. The maximum absolute atomic E-state index is 10.7. The fourth-order valence-electron chi connectivity index (χ4n) is 1.28. The van der Waals surface area contributed by atoms with Crippen molar-refractivity contribution in [2.75, 3.05) is 0 Å². The monoisotopic (exact) mass is 463 g/mol. The first-order valence-electron chi connectivity index (χ1n) is 4.63. The second-order valence-corrected chi connectivity index (χ2v) is 3.16. The molecule has 0 saturated carbocycles.